The predicted molar refractivity (Wildman–Crippen MR) is 91.4 cm³/mol. The fraction of sp³-hybridized carbons (Fsp3) is 0.375. The second-order valence-corrected chi connectivity index (χ2v) is 7.22. The number of hydrogen-bond donors (Lipinski definition) is 1. The van der Waals surface area contributed by atoms with Gasteiger partial charge in [0.1, 0.15) is 4.34 Å². The molecular formula is C16H20N2OS2. The van der Waals surface area contributed by atoms with Crippen LogP contribution in [0.25, 0.3) is 0 Å². The maximum Gasteiger partial charge on any atom is 0.224 e. The van der Waals surface area contributed by atoms with E-state index in [0.29, 0.717) is 6.42 Å². The van der Waals surface area contributed by atoms with Gasteiger partial charge in [0.15, 0.2) is 0 Å². The van der Waals surface area contributed by atoms with Crippen molar-refractivity contribution in [1.29, 1.82) is 0 Å². The van der Waals surface area contributed by atoms with Crippen LogP contribution in [0, 0.1) is 20.8 Å². The van der Waals surface area contributed by atoms with Crippen molar-refractivity contribution in [3.8, 4) is 0 Å². The second kappa shape index (κ2) is 7.61. The van der Waals surface area contributed by atoms with Crippen LogP contribution >= 0.6 is 23.1 Å². The number of rotatable bonds is 6. The Morgan fingerprint density at radius 2 is 2.00 bits per heavy atom. The van der Waals surface area contributed by atoms with Gasteiger partial charge in [0.2, 0.25) is 5.91 Å². The van der Waals surface area contributed by atoms with Crippen molar-refractivity contribution in [2.75, 3.05) is 11.1 Å². The third kappa shape index (κ3) is 4.86. The van der Waals surface area contributed by atoms with Crippen LogP contribution in [0.2, 0.25) is 0 Å². The Balaban J connectivity index is 1.75. The van der Waals surface area contributed by atoms with E-state index in [-0.39, 0.29) is 5.91 Å². The summed E-state index contributed by atoms with van der Waals surface area (Å²) in [4.78, 5) is 16.4. The molecule has 2 aromatic rings. The lowest BCUT2D eigenvalue weighted by atomic mass is 10.1. The molecule has 0 unspecified atom stereocenters. The van der Waals surface area contributed by atoms with Gasteiger partial charge in [-0.05, 0) is 38.3 Å². The highest BCUT2D eigenvalue weighted by atomic mass is 32.2. The van der Waals surface area contributed by atoms with Crippen LogP contribution in [-0.4, -0.2) is 16.6 Å². The average Bonchev–Trinajstić information content (AvgIpc) is 2.85. The van der Waals surface area contributed by atoms with Crippen molar-refractivity contribution in [3.63, 3.8) is 0 Å². The van der Waals surface area contributed by atoms with E-state index in [4.69, 9.17) is 0 Å². The van der Waals surface area contributed by atoms with Crippen molar-refractivity contribution < 1.29 is 4.79 Å². The van der Waals surface area contributed by atoms with Crippen LogP contribution in [0.4, 0.5) is 5.69 Å². The van der Waals surface area contributed by atoms with Crippen LogP contribution in [0.3, 0.4) is 0 Å². The molecule has 1 heterocycles. The van der Waals surface area contributed by atoms with Gasteiger partial charge in [-0.15, -0.1) is 11.3 Å². The second-order valence-electron chi connectivity index (χ2n) is 5.02. The number of hydrogen-bond acceptors (Lipinski definition) is 4. The lowest BCUT2D eigenvalue weighted by molar-refractivity contribution is -0.116. The van der Waals surface area contributed by atoms with E-state index in [0.717, 1.165) is 39.0 Å². The van der Waals surface area contributed by atoms with Gasteiger partial charge in [0, 0.05) is 28.9 Å². The molecule has 0 atom stereocenters. The lowest BCUT2D eigenvalue weighted by Gasteiger charge is -2.11. The van der Waals surface area contributed by atoms with Crippen LogP contribution in [0.15, 0.2) is 27.9 Å². The van der Waals surface area contributed by atoms with E-state index >= 15 is 0 Å². The molecule has 0 fully saturated rings. The highest BCUT2D eigenvalue weighted by Crippen LogP contribution is 2.24. The molecular weight excluding hydrogens is 300 g/mol. The molecule has 0 saturated carbocycles. The van der Waals surface area contributed by atoms with Crippen molar-refractivity contribution in [3.05, 3.63) is 40.4 Å². The maximum absolute atomic E-state index is 12.0. The van der Waals surface area contributed by atoms with Crippen LogP contribution in [-0.2, 0) is 4.79 Å². The Labute approximate surface area is 134 Å². The first-order valence-electron chi connectivity index (χ1n) is 6.97. The standard InChI is InChI=1S/C16H20N2OS2/c1-11-6-4-7-12(2)15(11)18-14(19)8-5-9-20-16-17-13(3)10-21-16/h4,6-7,10H,5,8-9H2,1-3H3,(H,18,19). The van der Waals surface area contributed by atoms with Gasteiger partial charge in [-0.25, -0.2) is 4.98 Å². The van der Waals surface area contributed by atoms with E-state index < -0.39 is 0 Å². The third-order valence-electron chi connectivity index (χ3n) is 3.12. The molecule has 3 nitrogen and oxygen atoms in total. The molecule has 1 aromatic carbocycles. The first-order valence-corrected chi connectivity index (χ1v) is 8.84. The number of thioether (sulfide) groups is 1. The van der Waals surface area contributed by atoms with Crippen molar-refractivity contribution in [2.24, 2.45) is 0 Å². The number of carbonyl (C=O) groups is 1. The Hall–Kier alpha value is -1.33. The molecule has 0 radical (unpaired) electrons. The van der Waals surface area contributed by atoms with Crippen LogP contribution in [0.1, 0.15) is 29.7 Å². The molecule has 0 aliphatic carbocycles. The summed E-state index contributed by atoms with van der Waals surface area (Å²) in [6.07, 6.45) is 1.41. The molecule has 0 aliphatic rings. The van der Waals surface area contributed by atoms with E-state index in [9.17, 15) is 4.79 Å². The van der Waals surface area contributed by atoms with E-state index in [1.165, 1.54) is 0 Å². The van der Waals surface area contributed by atoms with Gasteiger partial charge < -0.3 is 5.32 Å². The molecule has 21 heavy (non-hydrogen) atoms. The summed E-state index contributed by atoms with van der Waals surface area (Å²) in [5.74, 6) is 1.01. The molecule has 0 bridgehead atoms. The Morgan fingerprint density at radius 3 is 2.62 bits per heavy atom. The van der Waals surface area contributed by atoms with E-state index in [2.05, 4.69) is 15.7 Å². The van der Waals surface area contributed by atoms with E-state index in [1.807, 2.05) is 39.0 Å². The van der Waals surface area contributed by atoms with Crippen LogP contribution < -0.4 is 5.32 Å². The smallest absolute Gasteiger partial charge is 0.224 e. The number of nitrogens with one attached hydrogen (secondary N) is 1. The number of carbonyl (C=O) groups excluding carboxylic acids is 1. The zero-order chi connectivity index (χ0) is 15.2. The summed E-state index contributed by atoms with van der Waals surface area (Å²) < 4.78 is 1.09. The largest absolute Gasteiger partial charge is 0.326 e. The fourth-order valence-electron chi connectivity index (χ4n) is 2.00. The van der Waals surface area contributed by atoms with Crippen molar-refractivity contribution in [2.45, 2.75) is 38.0 Å². The molecule has 1 N–H and O–H groups in total. The van der Waals surface area contributed by atoms with Gasteiger partial charge >= 0.3 is 0 Å². The summed E-state index contributed by atoms with van der Waals surface area (Å²) in [5, 5.41) is 5.07. The highest BCUT2D eigenvalue weighted by Gasteiger charge is 2.07. The number of para-hydroxylation sites is 1. The Bertz CT molecular complexity index is 602. The van der Waals surface area contributed by atoms with Gasteiger partial charge in [-0.1, -0.05) is 30.0 Å². The molecule has 1 amide bonds. The monoisotopic (exact) mass is 320 g/mol. The number of anilines is 1. The highest BCUT2D eigenvalue weighted by molar-refractivity contribution is 8.01. The first kappa shape index (κ1) is 16.0. The summed E-state index contributed by atoms with van der Waals surface area (Å²) in [7, 11) is 0. The van der Waals surface area contributed by atoms with Gasteiger partial charge in [-0.3, -0.25) is 4.79 Å². The van der Waals surface area contributed by atoms with Gasteiger partial charge in [-0.2, -0.15) is 0 Å². The zero-order valence-electron chi connectivity index (χ0n) is 12.6. The Morgan fingerprint density at radius 1 is 1.29 bits per heavy atom. The molecule has 2 rings (SSSR count). The molecule has 0 aliphatic heterocycles. The lowest BCUT2D eigenvalue weighted by Crippen LogP contribution is -2.13. The summed E-state index contributed by atoms with van der Waals surface area (Å²) in [6, 6.07) is 6.04. The van der Waals surface area contributed by atoms with Crippen molar-refractivity contribution >= 4 is 34.7 Å². The summed E-state index contributed by atoms with van der Waals surface area (Å²) in [5.41, 5.74) is 4.23. The third-order valence-corrected chi connectivity index (χ3v) is 5.34. The number of benzene rings is 1. The van der Waals surface area contributed by atoms with Crippen molar-refractivity contribution in [1.82, 2.24) is 4.98 Å². The molecule has 112 valence electrons. The molecule has 1 aromatic heterocycles. The molecule has 0 saturated heterocycles. The fourth-order valence-corrected chi connectivity index (χ4v) is 3.86. The van der Waals surface area contributed by atoms with Gasteiger partial charge in [0.05, 0.1) is 0 Å². The van der Waals surface area contributed by atoms with Gasteiger partial charge in [0.25, 0.3) is 0 Å². The number of thiazole rings is 1. The normalized spacial score (nSPS) is 10.6. The Kier molecular flexibility index (Phi) is 5.82. The quantitative estimate of drug-likeness (QED) is 0.626. The SMILES string of the molecule is Cc1csc(SCCCC(=O)Nc2c(C)cccc2C)n1. The average molecular weight is 320 g/mol. The minimum Gasteiger partial charge on any atom is -0.326 e. The predicted octanol–water partition coefficient (Wildman–Crippen LogP) is 4.58. The summed E-state index contributed by atoms with van der Waals surface area (Å²) >= 11 is 3.39. The maximum atomic E-state index is 12.0. The minimum absolute atomic E-state index is 0.0864. The zero-order valence-corrected chi connectivity index (χ0v) is 14.2. The van der Waals surface area contributed by atoms with E-state index in [1.54, 1.807) is 23.1 Å². The minimum atomic E-state index is 0.0864. The molecule has 5 heteroatoms. The number of nitrogens with zero attached hydrogens (tertiary/aromatic N) is 1. The van der Waals surface area contributed by atoms with Crippen LogP contribution in [0.5, 0.6) is 0 Å². The molecule has 0 spiro atoms. The summed E-state index contributed by atoms with van der Waals surface area (Å²) in [6.45, 7) is 6.03. The number of amides is 1. The topological polar surface area (TPSA) is 42.0 Å². The number of aromatic nitrogens is 1. The number of aryl methyl sites for hydroxylation is 3. The first-order chi connectivity index (χ1) is 10.1.